The number of pyridine rings is 1. The number of thiophene rings is 1. The molecule has 5 nitrogen and oxygen atoms in total. The monoisotopic (exact) mass is 448 g/mol. The van der Waals surface area contributed by atoms with Crippen molar-refractivity contribution in [2.45, 2.75) is 52.4 Å². The van der Waals surface area contributed by atoms with Gasteiger partial charge in [0.1, 0.15) is 16.3 Å². The summed E-state index contributed by atoms with van der Waals surface area (Å²) in [5.41, 5.74) is 6.36. The van der Waals surface area contributed by atoms with Crippen molar-refractivity contribution in [2.24, 2.45) is 7.05 Å². The highest BCUT2D eigenvalue weighted by molar-refractivity contribution is 7.19. The summed E-state index contributed by atoms with van der Waals surface area (Å²) in [7, 11) is 2.07. The van der Waals surface area contributed by atoms with Crippen molar-refractivity contribution >= 4 is 38.4 Å². The van der Waals surface area contributed by atoms with Gasteiger partial charge in [-0.05, 0) is 74.9 Å². The molecular formula is C26H32N4OS. The molecule has 5 rings (SSSR count). The first-order valence-corrected chi connectivity index (χ1v) is 12.4. The lowest BCUT2D eigenvalue weighted by atomic mass is 9.90. The highest BCUT2D eigenvalue weighted by atomic mass is 32.1. The number of aryl methyl sites for hydroxylation is 2. The first-order valence-electron chi connectivity index (χ1n) is 11.6. The number of carbonyl (C=O) groups is 1. The van der Waals surface area contributed by atoms with Crippen molar-refractivity contribution in [3.63, 3.8) is 0 Å². The van der Waals surface area contributed by atoms with E-state index in [0.717, 1.165) is 31.6 Å². The van der Waals surface area contributed by atoms with Crippen LogP contribution in [0.5, 0.6) is 0 Å². The molecule has 1 saturated heterocycles. The molecule has 1 N–H and O–H groups in total. The predicted octanol–water partition coefficient (Wildman–Crippen LogP) is 5.98. The molecule has 0 aromatic carbocycles. The summed E-state index contributed by atoms with van der Waals surface area (Å²) in [5, 5.41) is 2.61. The normalized spacial score (nSPS) is 16.1. The van der Waals surface area contributed by atoms with Gasteiger partial charge >= 0.3 is 0 Å². The Balaban J connectivity index is 1.56. The summed E-state index contributed by atoms with van der Waals surface area (Å²) in [6.45, 7) is 11.2. The summed E-state index contributed by atoms with van der Waals surface area (Å²) >= 11 is 1.94. The van der Waals surface area contributed by atoms with Gasteiger partial charge in [-0.25, -0.2) is 4.98 Å². The highest BCUT2D eigenvalue weighted by Gasteiger charge is 2.28. The quantitative estimate of drug-likeness (QED) is 0.408. The SMILES string of the molecule is CC(=O)CN1CCC(c2sc3[nH]c(-c4cn(C)c5ncccc45)c(C(C)C)c3c2C)CC1. The molecule has 0 radical (unpaired) electrons. The van der Waals surface area contributed by atoms with Gasteiger partial charge in [-0.2, -0.15) is 0 Å². The van der Waals surface area contributed by atoms with Crippen LogP contribution >= 0.6 is 11.3 Å². The summed E-state index contributed by atoms with van der Waals surface area (Å²) in [6, 6.07) is 4.19. The lowest BCUT2D eigenvalue weighted by Crippen LogP contribution is -2.36. The zero-order chi connectivity index (χ0) is 22.6. The van der Waals surface area contributed by atoms with E-state index >= 15 is 0 Å². The van der Waals surface area contributed by atoms with E-state index in [9.17, 15) is 4.79 Å². The van der Waals surface area contributed by atoms with Crippen LogP contribution in [0.1, 0.15) is 61.5 Å². The van der Waals surface area contributed by atoms with Crippen molar-refractivity contribution in [1.82, 2.24) is 19.4 Å². The van der Waals surface area contributed by atoms with Crippen LogP contribution < -0.4 is 0 Å². The molecule has 0 amide bonds. The second-order valence-corrected chi connectivity index (χ2v) is 10.7. The van der Waals surface area contributed by atoms with Crippen LogP contribution in [0.15, 0.2) is 24.5 Å². The molecule has 1 fully saturated rings. The van der Waals surface area contributed by atoms with Crippen molar-refractivity contribution in [2.75, 3.05) is 19.6 Å². The van der Waals surface area contributed by atoms with Gasteiger partial charge in [0.15, 0.2) is 0 Å². The molecule has 168 valence electrons. The summed E-state index contributed by atoms with van der Waals surface area (Å²) in [5.74, 6) is 1.28. The number of rotatable bonds is 5. The lowest BCUT2D eigenvalue weighted by Gasteiger charge is -2.31. The summed E-state index contributed by atoms with van der Waals surface area (Å²) in [4.78, 5) is 25.0. The van der Waals surface area contributed by atoms with Crippen LogP contribution in [0.3, 0.4) is 0 Å². The largest absolute Gasteiger partial charge is 0.346 e. The lowest BCUT2D eigenvalue weighted by molar-refractivity contribution is -0.118. The third-order valence-electron chi connectivity index (χ3n) is 6.95. The maximum atomic E-state index is 11.5. The molecular weight excluding hydrogens is 416 g/mol. The molecule has 0 spiro atoms. The number of aromatic nitrogens is 3. The number of nitrogens with one attached hydrogen (secondary N) is 1. The summed E-state index contributed by atoms with van der Waals surface area (Å²) < 4.78 is 2.12. The van der Waals surface area contributed by atoms with E-state index in [-0.39, 0.29) is 5.78 Å². The standard InChI is InChI=1S/C26H32N4OS/c1-15(2)21-22-17(4)24(18-8-11-30(12-9-18)13-16(3)31)32-26(22)28-23(21)20-14-29(5)25-19(20)7-6-10-27-25/h6-7,10,14-15,18,28H,8-9,11-13H2,1-5H3. The van der Waals surface area contributed by atoms with E-state index in [0.29, 0.717) is 18.4 Å². The smallest absolute Gasteiger partial charge is 0.143 e. The maximum Gasteiger partial charge on any atom is 0.143 e. The zero-order valence-corrected chi connectivity index (χ0v) is 20.5. The molecule has 0 bridgehead atoms. The van der Waals surface area contributed by atoms with Crippen molar-refractivity contribution in [1.29, 1.82) is 0 Å². The minimum absolute atomic E-state index is 0.266. The first kappa shape index (κ1) is 21.4. The first-order chi connectivity index (χ1) is 15.3. The number of hydrogen-bond donors (Lipinski definition) is 1. The number of H-pyrrole nitrogens is 1. The molecule has 1 aliphatic rings. The van der Waals surface area contributed by atoms with E-state index in [4.69, 9.17) is 0 Å². The number of fused-ring (bicyclic) bond motifs is 2. The Labute approximate surface area is 193 Å². The van der Waals surface area contributed by atoms with Gasteiger partial charge in [0.05, 0.1) is 12.2 Å². The van der Waals surface area contributed by atoms with Crippen LogP contribution in [0.4, 0.5) is 0 Å². The topological polar surface area (TPSA) is 53.9 Å². The minimum atomic E-state index is 0.266. The van der Waals surface area contributed by atoms with Gasteiger partial charge in [-0.3, -0.25) is 9.69 Å². The molecule has 6 heteroatoms. The number of ketones is 1. The Morgan fingerprint density at radius 3 is 2.75 bits per heavy atom. The minimum Gasteiger partial charge on any atom is -0.346 e. The third-order valence-corrected chi connectivity index (χ3v) is 8.32. The maximum absolute atomic E-state index is 11.5. The van der Waals surface area contributed by atoms with Crippen molar-refractivity contribution < 1.29 is 4.79 Å². The van der Waals surface area contributed by atoms with Crippen LogP contribution in [-0.4, -0.2) is 44.9 Å². The van der Waals surface area contributed by atoms with Crippen LogP contribution in [0.2, 0.25) is 0 Å². The van der Waals surface area contributed by atoms with Gasteiger partial charge in [-0.15, -0.1) is 11.3 Å². The Morgan fingerprint density at radius 1 is 1.31 bits per heavy atom. The molecule has 0 unspecified atom stereocenters. The molecule has 0 atom stereocenters. The fourth-order valence-electron chi connectivity index (χ4n) is 5.51. The fraction of sp³-hybridized carbons (Fsp3) is 0.462. The van der Waals surface area contributed by atoms with Gasteiger partial charge in [-0.1, -0.05) is 13.8 Å². The van der Waals surface area contributed by atoms with Crippen molar-refractivity contribution in [3.8, 4) is 11.3 Å². The highest BCUT2D eigenvalue weighted by Crippen LogP contribution is 2.46. The fourth-order valence-corrected chi connectivity index (χ4v) is 6.90. The number of likely N-dealkylation sites (tertiary alicyclic amines) is 1. The van der Waals surface area contributed by atoms with Crippen LogP contribution in [-0.2, 0) is 11.8 Å². The number of hydrogen-bond acceptors (Lipinski definition) is 4. The number of nitrogens with zero attached hydrogens (tertiary/aromatic N) is 3. The molecule has 1 aliphatic heterocycles. The second-order valence-electron chi connectivity index (χ2n) is 9.64. The van der Waals surface area contributed by atoms with Gasteiger partial charge in [0.2, 0.25) is 0 Å². The Bertz CT molecular complexity index is 1300. The number of carbonyl (C=O) groups excluding carboxylic acids is 1. The molecule has 0 aliphatic carbocycles. The van der Waals surface area contributed by atoms with E-state index in [1.165, 1.54) is 42.9 Å². The zero-order valence-electron chi connectivity index (χ0n) is 19.7. The Kier molecular flexibility index (Phi) is 5.46. The molecule has 5 heterocycles. The average Bonchev–Trinajstić information content (AvgIpc) is 3.39. The van der Waals surface area contributed by atoms with E-state index in [2.05, 4.69) is 59.5 Å². The number of Topliss-reactive ketones (excluding diaryl/α,β-unsaturated/α-hetero) is 1. The summed E-state index contributed by atoms with van der Waals surface area (Å²) in [6.07, 6.45) is 6.34. The average molecular weight is 449 g/mol. The Morgan fingerprint density at radius 2 is 2.06 bits per heavy atom. The van der Waals surface area contributed by atoms with Gasteiger partial charge in [0.25, 0.3) is 0 Å². The number of piperidine rings is 1. The van der Waals surface area contributed by atoms with E-state index in [1.807, 2.05) is 23.6 Å². The van der Waals surface area contributed by atoms with Gasteiger partial charge in [0, 0.05) is 40.7 Å². The molecule has 4 aromatic heterocycles. The van der Waals surface area contributed by atoms with E-state index < -0.39 is 0 Å². The number of aromatic amines is 1. The molecule has 4 aromatic rings. The third kappa shape index (κ3) is 3.50. The van der Waals surface area contributed by atoms with Crippen molar-refractivity contribution in [3.05, 3.63) is 40.5 Å². The van der Waals surface area contributed by atoms with E-state index in [1.54, 1.807) is 6.92 Å². The Hall–Kier alpha value is -2.44. The molecule has 32 heavy (non-hydrogen) atoms. The van der Waals surface area contributed by atoms with Gasteiger partial charge < -0.3 is 9.55 Å². The van der Waals surface area contributed by atoms with Crippen LogP contribution in [0.25, 0.3) is 32.5 Å². The molecule has 0 saturated carbocycles. The van der Waals surface area contributed by atoms with Crippen LogP contribution in [0, 0.1) is 6.92 Å². The second kappa shape index (κ2) is 8.16. The predicted molar refractivity (Wildman–Crippen MR) is 134 cm³/mol.